The first-order chi connectivity index (χ1) is 7.11. The van der Waals surface area contributed by atoms with Crippen LogP contribution in [0.5, 0.6) is 0 Å². The summed E-state index contributed by atoms with van der Waals surface area (Å²) < 4.78 is 0. The number of nitrogens with two attached hydrogens (primary N) is 1. The highest BCUT2D eigenvalue weighted by Crippen LogP contribution is 2.16. The molecule has 0 aromatic rings. The highest BCUT2D eigenvalue weighted by Gasteiger charge is 2.22. The summed E-state index contributed by atoms with van der Waals surface area (Å²) in [5.74, 6) is 0.122. The number of nitrogens with one attached hydrogen (secondary N) is 1. The molecule has 0 spiro atoms. The number of amidine groups is 1. The van der Waals surface area contributed by atoms with Gasteiger partial charge < -0.3 is 10.6 Å². The molecular formula is C10H19N3OS. The first kappa shape index (κ1) is 12.4. The summed E-state index contributed by atoms with van der Waals surface area (Å²) in [4.78, 5) is 13.8. The van der Waals surface area contributed by atoms with Crippen molar-refractivity contribution in [2.75, 3.05) is 13.1 Å². The van der Waals surface area contributed by atoms with E-state index in [1.807, 2.05) is 11.8 Å². The molecule has 1 atom stereocenters. The van der Waals surface area contributed by atoms with Crippen molar-refractivity contribution < 1.29 is 4.79 Å². The first-order valence-corrected chi connectivity index (χ1v) is 6.28. The Hall–Kier alpha value is -0.710. The van der Waals surface area contributed by atoms with Crippen LogP contribution in [0.4, 0.5) is 0 Å². The van der Waals surface area contributed by atoms with Crippen molar-refractivity contribution in [1.82, 2.24) is 4.90 Å². The van der Waals surface area contributed by atoms with Gasteiger partial charge in [0.2, 0.25) is 5.91 Å². The molecule has 4 nitrogen and oxygen atoms in total. The number of nitrogens with zero attached hydrogens (tertiary/aromatic N) is 1. The van der Waals surface area contributed by atoms with Gasteiger partial charge in [-0.2, -0.15) is 0 Å². The Morgan fingerprint density at radius 1 is 1.33 bits per heavy atom. The second-order valence-electron chi connectivity index (χ2n) is 3.86. The lowest BCUT2D eigenvalue weighted by Crippen LogP contribution is -2.38. The average Bonchev–Trinajstić information content (AvgIpc) is 2.43. The van der Waals surface area contributed by atoms with Gasteiger partial charge in [-0.1, -0.05) is 24.6 Å². The summed E-state index contributed by atoms with van der Waals surface area (Å²) in [7, 11) is 0. The molecule has 0 saturated carbocycles. The molecule has 1 saturated heterocycles. The molecule has 5 heteroatoms. The fourth-order valence-electron chi connectivity index (χ4n) is 1.79. The predicted octanol–water partition coefficient (Wildman–Crippen LogP) is 1.40. The van der Waals surface area contributed by atoms with Gasteiger partial charge in [-0.15, -0.1) is 0 Å². The molecule has 1 aliphatic heterocycles. The first-order valence-electron chi connectivity index (χ1n) is 5.40. The van der Waals surface area contributed by atoms with Crippen LogP contribution in [0.2, 0.25) is 0 Å². The molecule has 1 amide bonds. The summed E-state index contributed by atoms with van der Waals surface area (Å²) in [5.41, 5.74) is 5.27. The molecule has 0 aromatic carbocycles. The minimum Gasteiger partial charge on any atom is -0.379 e. The van der Waals surface area contributed by atoms with Gasteiger partial charge in [0, 0.05) is 13.1 Å². The minimum atomic E-state index is -0.222. The van der Waals surface area contributed by atoms with Crippen LogP contribution in [0.25, 0.3) is 0 Å². The van der Waals surface area contributed by atoms with Crippen molar-refractivity contribution in [3.05, 3.63) is 0 Å². The molecule has 1 rings (SSSR count). The van der Waals surface area contributed by atoms with E-state index in [2.05, 4.69) is 0 Å². The summed E-state index contributed by atoms with van der Waals surface area (Å²) >= 11 is 1.13. The van der Waals surface area contributed by atoms with Crippen LogP contribution < -0.4 is 5.73 Å². The highest BCUT2D eigenvalue weighted by atomic mass is 32.2. The van der Waals surface area contributed by atoms with Crippen LogP contribution in [0.1, 0.15) is 32.6 Å². The van der Waals surface area contributed by atoms with E-state index in [4.69, 9.17) is 11.1 Å². The smallest absolute Gasteiger partial charge is 0.235 e. The normalized spacial score (nSPS) is 19.4. The van der Waals surface area contributed by atoms with Gasteiger partial charge in [0.1, 0.15) is 0 Å². The van der Waals surface area contributed by atoms with Crippen molar-refractivity contribution in [3.8, 4) is 0 Å². The third-order valence-electron chi connectivity index (χ3n) is 2.57. The summed E-state index contributed by atoms with van der Waals surface area (Å²) in [6.45, 7) is 3.54. The van der Waals surface area contributed by atoms with Crippen LogP contribution in [-0.2, 0) is 4.79 Å². The molecule has 0 aliphatic carbocycles. The molecule has 1 aliphatic rings. The second kappa shape index (κ2) is 6.00. The van der Waals surface area contributed by atoms with E-state index in [9.17, 15) is 4.79 Å². The number of rotatable bonds is 2. The van der Waals surface area contributed by atoms with Crippen molar-refractivity contribution >= 4 is 22.8 Å². The molecule has 1 unspecified atom stereocenters. The van der Waals surface area contributed by atoms with Crippen LogP contribution in [-0.4, -0.2) is 34.3 Å². The lowest BCUT2D eigenvalue weighted by Gasteiger charge is -2.23. The topological polar surface area (TPSA) is 70.2 Å². The fourth-order valence-corrected chi connectivity index (χ4v) is 2.42. The van der Waals surface area contributed by atoms with E-state index in [0.29, 0.717) is 0 Å². The maximum Gasteiger partial charge on any atom is 0.235 e. The summed E-state index contributed by atoms with van der Waals surface area (Å²) in [6.07, 6.45) is 4.64. The maximum absolute atomic E-state index is 11.9. The molecule has 0 radical (unpaired) electrons. The van der Waals surface area contributed by atoms with Crippen LogP contribution in [0.15, 0.2) is 0 Å². The predicted molar refractivity (Wildman–Crippen MR) is 64.0 cm³/mol. The largest absolute Gasteiger partial charge is 0.379 e. The Morgan fingerprint density at radius 3 is 2.33 bits per heavy atom. The standard InChI is InChI=1S/C10H19N3OS/c1-8(15-10(11)12)9(14)13-6-4-2-3-5-7-13/h8H,2-7H2,1H3,(H3,11,12). The Bertz CT molecular complexity index is 237. The summed E-state index contributed by atoms with van der Waals surface area (Å²) in [6, 6.07) is 0. The molecule has 1 heterocycles. The second-order valence-corrected chi connectivity index (χ2v) is 5.25. The van der Waals surface area contributed by atoms with Gasteiger partial charge in [0.05, 0.1) is 5.25 Å². The molecule has 0 aromatic heterocycles. The number of hydrogen-bond acceptors (Lipinski definition) is 3. The zero-order valence-corrected chi connectivity index (χ0v) is 9.98. The van der Waals surface area contributed by atoms with Crippen LogP contribution >= 0.6 is 11.8 Å². The lowest BCUT2D eigenvalue weighted by molar-refractivity contribution is -0.130. The Labute approximate surface area is 95.1 Å². The van der Waals surface area contributed by atoms with E-state index in [1.54, 1.807) is 0 Å². The van der Waals surface area contributed by atoms with Crippen LogP contribution in [0, 0.1) is 5.41 Å². The molecule has 3 N–H and O–H groups in total. The molecule has 0 bridgehead atoms. The van der Waals surface area contributed by atoms with E-state index in [1.165, 1.54) is 12.8 Å². The average molecular weight is 229 g/mol. The van der Waals surface area contributed by atoms with Crippen LogP contribution in [0.3, 0.4) is 0 Å². The molecule has 86 valence electrons. The van der Waals surface area contributed by atoms with Gasteiger partial charge in [-0.25, -0.2) is 0 Å². The fraction of sp³-hybridized carbons (Fsp3) is 0.800. The minimum absolute atomic E-state index is 0.0191. The van der Waals surface area contributed by atoms with Crippen molar-refractivity contribution in [1.29, 1.82) is 5.41 Å². The third kappa shape index (κ3) is 4.11. The zero-order chi connectivity index (χ0) is 11.3. The number of carbonyl (C=O) groups is 1. The molecule has 1 fully saturated rings. The van der Waals surface area contributed by atoms with Gasteiger partial charge >= 0.3 is 0 Å². The number of carbonyl (C=O) groups excluding carboxylic acids is 1. The van der Waals surface area contributed by atoms with E-state index < -0.39 is 0 Å². The quantitative estimate of drug-likeness (QED) is 0.555. The summed E-state index contributed by atoms with van der Waals surface area (Å²) in [5, 5.41) is 6.94. The van der Waals surface area contributed by atoms with Gasteiger partial charge in [-0.3, -0.25) is 10.2 Å². The number of likely N-dealkylation sites (tertiary alicyclic amines) is 1. The Kier molecular flexibility index (Phi) is 4.94. The number of amides is 1. The Balaban J connectivity index is 2.46. The molecular weight excluding hydrogens is 210 g/mol. The lowest BCUT2D eigenvalue weighted by atomic mass is 10.2. The van der Waals surface area contributed by atoms with E-state index in [0.717, 1.165) is 37.7 Å². The van der Waals surface area contributed by atoms with Gasteiger partial charge in [0.25, 0.3) is 0 Å². The van der Waals surface area contributed by atoms with Gasteiger partial charge in [0.15, 0.2) is 5.17 Å². The van der Waals surface area contributed by atoms with Crippen molar-refractivity contribution in [2.45, 2.75) is 37.9 Å². The number of hydrogen-bond donors (Lipinski definition) is 2. The van der Waals surface area contributed by atoms with E-state index >= 15 is 0 Å². The monoisotopic (exact) mass is 229 g/mol. The SMILES string of the molecule is CC(SC(=N)N)C(=O)N1CCCCCC1. The van der Waals surface area contributed by atoms with E-state index in [-0.39, 0.29) is 16.3 Å². The third-order valence-corrected chi connectivity index (χ3v) is 3.38. The number of thioether (sulfide) groups is 1. The maximum atomic E-state index is 11.9. The Morgan fingerprint density at radius 2 is 1.87 bits per heavy atom. The van der Waals surface area contributed by atoms with Gasteiger partial charge in [-0.05, 0) is 19.8 Å². The molecule has 15 heavy (non-hydrogen) atoms. The highest BCUT2D eigenvalue weighted by molar-refractivity contribution is 8.14. The zero-order valence-electron chi connectivity index (χ0n) is 9.16. The van der Waals surface area contributed by atoms with Crippen molar-refractivity contribution in [3.63, 3.8) is 0 Å². The van der Waals surface area contributed by atoms with Crippen molar-refractivity contribution in [2.24, 2.45) is 5.73 Å².